The van der Waals surface area contributed by atoms with Gasteiger partial charge in [0.05, 0.1) is 79.3 Å². The number of hydrogen-bond donors (Lipinski definition) is 2. The van der Waals surface area contributed by atoms with Crippen LogP contribution < -0.4 is 11.5 Å². The third-order valence-corrected chi connectivity index (χ3v) is 4.92. The summed E-state index contributed by atoms with van der Waals surface area (Å²) in [6.45, 7) is 7.04. The van der Waals surface area contributed by atoms with Crippen LogP contribution in [0.4, 0.5) is 38.0 Å². The van der Waals surface area contributed by atoms with Crippen LogP contribution in [0.15, 0.2) is 0 Å². The van der Waals surface area contributed by atoms with E-state index in [9.17, 15) is 26.3 Å². The van der Waals surface area contributed by atoms with Gasteiger partial charge in [-0.3, -0.25) is 0 Å². The van der Waals surface area contributed by atoms with Crippen molar-refractivity contribution >= 4 is 34.8 Å². The normalized spacial score (nSPS) is 16.4. The lowest BCUT2D eigenvalue weighted by Crippen LogP contribution is -2.16. The molecule has 4 N–H and O–H groups in total. The molecule has 0 radical (unpaired) electrons. The van der Waals surface area contributed by atoms with E-state index in [1.165, 1.54) is 0 Å². The summed E-state index contributed by atoms with van der Waals surface area (Å²) < 4.78 is 106. The monoisotopic (exact) mass is 628 g/mol. The molecular weight excluding hydrogens is 601 g/mol. The van der Waals surface area contributed by atoms with Crippen LogP contribution in [0.5, 0.6) is 0 Å². The summed E-state index contributed by atoms with van der Waals surface area (Å²) in [4.78, 5) is 5.42. The van der Waals surface area contributed by atoms with Crippen molar-refractivity contribution in [2.75, 3.05) is 90.7 Å². The molecule has 40 heavy (non-hydrogen) atoms. The first kappa shape index (κ1) is 35.8. The fourth-order valence-electron chi connectivity index (χ4n) is 2.33. The van der Waals surface area contributed by atoms with Crippen LogP contribution in [0, 0.1) is 35.2 Å². The van der Waals surface area contributed by atoms with Crippen molar-refractivity contribution in [2.24, 2.45) is 0 Å². The maximum Gasteiger partial charge on any atom is 0.252 e. The smallest absolute Gasteiger partial charge is 0.252 e. The van der Waals surface area contributed by atoms with Gasteiger partial charge >= 0.3 is 0 Å². The predicted molar refractivity (Wildman–Crippen MR) is 132 cm³/mol. The van der Waals surface area contributed by atoms with Gasteiger partial charge in [-0.1, -0.05) is 23.2 Å². The second kappa shape index (κ2) is 20.7. The summed E-state index contributed by atoms with van der Waals surface area (Å²) in [5.41, 5.74) is 9.63. The van der Waals surface area contributed by atoms with Crippen molar-refractivity contribution in [3.05, 3.63) is 45.2 Å². The van der Waals surface area contributed by atoms with Crippen LogP contribution in [0.3, 0.4) is 0 Å². The Morgan fingerprint density at radius 2 is 0.625 bits per heavy atom. The van der Waals surface area contributed by atoms with Crippen LogP contribution in [0.1, 0.15) is 0 Å². The van der Waals surface area contributed by atoms with Gasteiger partial charge in [0.15, 0.2) is 34.9 Å². The number of rotatable bonds is 0. The Morgan fingerprint density at radius 3 is 0.825 bits per heavy atom. The molecule has 3 rings (SSSR count). The number of anilines is 2. The fourth-order valence-corrected chi connectivity index (χ4v) is 2.68. The predicted octanol–water partition coefficient (Wildman–Crippen LogP) is 3.57. The summed E-state index contributed by atoms with van der Waals surface area (Å²) in [5.74, 6) is -10.1. The second-order valence-electron chi connectivity index (χ2n) is 7.13. The molecule has 1 fully saturated rings. The first-order valence-corrected chi connectivity index (χ1v) is 12.2. The number of hydrogen-bond acceptors (Lipinski definition) is 10. The SMILES string of the molecule is C1COCCOCCOCCOCCOCCO1.Nc1nc(F)c(F)c(Cl)c1F.Nc1nc(F)c(F)c(Cl)c1F. The fraction of sp³-hybridized carbons (Fsp3) is 0.545. The van der Waals surface area contributed by atoms with Crippen molar-refractivity contribution in [2.45, 2.75) is 0 Å². The van der Waals surface area contributed by atoms with E-state index in [2.05, 4.69) is 9.97 Å². The Balaban J connectivity index is 0.000000315. The van der Waals surface area contributed by atoms with Crippen LogP contribution >= 0.6 is 23.2 Å². The topological polar surface area (TPSA) is 133 Å². The molecule has 1 aliphatic rings. The standard InChI is InChI=1S/C12H24O6.2C5H2ClF3N2/c1-2-14-5-6-16-9-10-18-12-11-17-8-7-15-4-3-13-1;2*6-1-2(7)4(9)11-5(10)3(1)8/h1-12H2;2*(H2,10,11). The minimum absolute atomic E-state index is 0.586. The molecule has 2 aromatic heterocycles. The first-order chi connectivity index (χ1) is 19.1. The minimum Gasteiger partial charge on any atom is -0.381 e. The average Bonchev–Trinajstić information content (AvgIpc) is 2.93. The Morgan fingerprint density at radius 1 is 0.425 bits per heavy atom. The molecule has 0 bridgehead atoms. The first-order valence-electron chi connectivity index (χ1n) is 11.4. The van der Waals surface area contributed by atoms with Crippen molar-refractivity contribution in [3.8, 4) is 0 Å². The number of nitrogens with zero attached hydrogens (tertiary/aromatic N) is 2. The molecular formula is C22H28Cl2F6N4O6. The Bertz CT molecular complexity index is 846. The van der Waals surface area contributed by atoms with Crippen LogP contribution in [-0.4, -0.2) is 89.3 Å². The van der Waals surface area contributed by atoms with E-state index in [0.29, 0.717) is 79.3 Å². The van der Waals surface area contributed by atoms with Gasteiger partial charge in [0.2, 0.25) is 0 Å². The van der Waals surface area contributed by atoms with Crippen molar-refractivity contribution < 1.29 is 54.8 Å². The van der Waals surface area contributed by atoms with Crippen molar-refractivity contribution in [1.29, 1.82) is 0 Å². The molecule has 0 spiro atoms. The lowest BCUT2D eigenvalue weighted by Gasteiger charge is -2.09. The highest BCUT2D eigenvalue weighted by Gasteiger charge is 2.17. The highest BCUT2D eigenvalue weighted by atomic mass is 35.5. The lowest BCUT2D eigenvalue weighted by atomic mass is 10.4. The minimum atomic E-state index is -1.53. The van der Waals surface area contributed by atoms with Gasteiger partial charge in [-0.05, 0) is 0 Å². The van der Waals surface area contributed by atoms with E-state index in [4.69, 9.17) is 63.1 Å². The van der Waals surface area contributed by atoms with Crippen LogP contribution in [0.2, 0.25) is 10.0 Å². The van der Waals surface area contributed by atoms with E-state index in [0.717, 1.165) is 0 Å². The quantitative estimate of drug-likeness (QED) is 0.329. The molecule has 0 aromatic carbocycles. The zero-order valence-corrected chi connectivity index (χ0v) is 22.5. The Hall–Kier alpha value is -2.18. The molecule has 0 atom stereocenters. The molecule has 2 aromatic rings. The maximum atomic E-state index is 12.4. The van der Waals surface area contributed by atoms with E-state index in [1.807, 2.05) is 0 Å². The number of halogens is 8. The molecule has 18 heteroatoms. The van der Waals surface area contributed by atoms with Gasteiger partial charge < -0.3 is 39.9 Å². The van der Waals surface area contributed by atoms with E-state index < -0.39 is 56.8 Å². The van der Waals surface area contributed by atoms with Crippen LogP contribution in [0.25, 0.3) is 0 Å². The molecule has 0 amide bonds. The molecule has 228 valence electrons. The molecule has 0 aliphatic carbocycles. The van der Waals surface area contributed by atoms with Gasteiger partial charge in [0, 0.05) is 0 Å². The van der Waals surface area contributed by atoms with Crippen molar-refractivity contribution in [3.63, 3.8) is 0 Å². The van der Waals surface area contributed by atoms with Crippen LogP contribution in [-0.2, 0) is 28.4 Å². The Kier molecular flexibility index (Phi) is 18.5. The van der Waals surface area contributed by atoms with Gasteiger partial charge in [0.25, 0.3) is 11.9 Å². The zero-order valence-electron chi connectivity index (χ0n) is 21.0. The van der Waals surface area contributed by atoms with Gasteiger partial charge in [-0.2, -0.15) is 18.7 Å². The summed E-state index contributed by atoms with van der Waals surface area (Å²) in [7, 11) is 0. The van der Waals surface area contributed by atoms with Gasteiger partial charge in [0.1, 0.15) is 10.0 Å². The summed E-state index contributed by atoms with van der Waals surface area (Å²) in [6.07, 6.45) is 0. The molecule has 3 heterocycles. The Labute approximate surface area is 235 Å². The second-order valence-corrected chi connectivity index (χ2v) is 7.89. The average molecular weight is 629 g/mol. The molecule has 1 aliphatic heterocycles. The maximum absolute atomic E-state index is 12.4. The lowest BCUT2D eigenvalue weighted by molar-refractivity contribution is -0.0334. The molecule has 1 saturated heterocycles. The van der Waals surface area contributed by atoms with Gasteiger partial charge in [-0.25, -0.2) is 17.6 Å². The number of aromatic nitrogens is 2. The molecule has 10 nitrogen and oxygen atoms in total. The summed E-state index contributed by atoms with van der Waals surface area (Å²) >= 11 is 9.96. The largest absolute Gasteiger partial charge is 0.381 e. The number of ether oxygens (including phenoxy) is 6. The third-order valence-electron chi connectivity index (χ3n) is 4.25. The van der Waals surface area contributed by atoms with E-state index in [1.54, 1.807) is 0 Å². The van der Waals surface area contributed by atoms with Crippen molar-refractivity contribution in [1.82, 2.24) is 9.97 Å². The summed E-state index contributed by atoms with van der Waals surface area (Å²) in [5, 5.41) is -1.95. The molecule has 0 unspecified atom stereocenters. The highest BCUT2D eigenvalue weighted by molar-refractivity contribution is 6.31. The van der Waals surface area contributed by atoms with E-state index in [-0.39, 0.29) is 0 Å². The summed E-state index contributed by atoms with van der Waals surface area (Å²) in [6, 6.07) is 0. The number of nitrogens with two attached hydrogens (primary N) is 2. The third kappa shape index (κ3) is 13.9. The van der Waals surface area contributed by atoms with Gasteiger partial charge in [-0.15, -0.1) is 0 Å². The van der Waals surface area contributed by atoms with E-state index >= 15 is 0 Å². The molecule has 0 saturated carbocycles. The number of pyridine rings is 2. The highest BCUT2D eigenvalue weighted by Crippen LogP contribution is 2.24. The zero-order chi connectivity index (χ0) is 29.9. The number of nitrogen functional groups attached to an aromatic ring is 2.